The molecular formula is C23H24Cl2N2O5. The fourth-order valence-electron chi connectivity index (χ4n) is 3.45. The zero-order valence-corrected chi connectivity index (χ0v) is 19.5. The zero-order chi connectivity index (χ0) is 23.3. The van der Waals surface area contributed by atoms with Gasteiger partial charge in [0.1, 0.15) is 18.1 Å². The second-order valence-electron chi connectivity index (χ2n) is 6.85. The monoisotopic (exact) mass is 478 g/mol. The van der Waals surface area contributed by atoms with E-state index >= 15 is 0 Å². The van der Waals surface area contributed by atoms with Crippen molar-refractivity contribution in [3.8, 4) is 11.5 Å². The molecular weight excluding hydrogens is 455 g/mol. The van der Waals surface area contributed by atoms with Crippen molar-refractivity contribution in [3.05, 3.63) is 69.3 Å². The Hall–Kier alpha value is -2.90. The van der Waals surface area contributed by atoms with Gasteiger partial charge in [-0.2, -0.15) is 0 Å². The van der Waals surface area contributed by atoms with Gasteiger partial charge in [0.2, 0.25) is 0 Å². The van der Waals surface area contributed by atoms with Crippen molar-refractivity contribution in [2.45, 2.75) is 19.9 Å². The first-order valence-corrected chi connectivity index (χ1v) is 10.8. The Labute approximate surface area is 196 Å². The number of nitrogens with one attached hydrogen (secondary N) is 1. The number of methoxy groups -OCH3 is 1. The SMILES string of the molecule is CCOC(=O)C1=C(COc2cc(Cl)ccc2Cl)N(CC)C(=O)N[C@@H]1c1cccc(OC)c1. The molecule has 2 aromatic rings. The molecule has 0 aliphatic carbocycles. The van der Waals surface area contributed by atoms with Crippen LogP contribution in [0.3, 0.4) is 0 Å². The van der Waals surface area contributed by atoms with Crippen molar-refractivity contribution in [2.75, 3.05) is 26.9 Å². The molecule has 1 atom stereocenters. The molecule has 0 aromatic heterocycles. The highest BCUT2D eigenvalue weighted by Crippen LogP contribution is 2.34. The molecule has 0 spiro atoms. The summed E-state index contributed by atoms with van der Waals surface area (Å²) >= 11 is 12.3. The highest BCUT2D eigenvalue weighted by Gasteiger charge is 2.38. The lowest BCUT2D eigenvalue weighted by Crippen LogP contribution is -2.49. The molecule has 3 rings (SSSR count). The topological polar surface area (TPSA) is 77.1 Å². The molecule has 2 aromatic carbocycles. The highest BCUT2D eigenvalue weighted by molar-refractivity contribution is 6.34. The quantitative estimate of drug-likeness (QED) is 0.541. The molecule has 0 unspecified atom stereocenters. The number of hydrogen-bond acceptors (Lipinski definition) is 5. The molecule has 1 aliphatic heterocycles. The van der Waals surface area contributed by atoms with Gasteiger partial charge in [-0.1, -0.05) is 35.3 Å². The summed E-state index contributed by atoms with van der Waals surface area (Å²) in [6.07, 6.45) is 0. The van der Waals surface area contributed by atoms with E-state index in [1.54, 1.807) is 63.4 Å². The summed E-state index contributed by atoms with van der Waals surface area (Å²) in [5.74, 6) is 0.394. The average Bonchev–Trinajstić information content (AvgIpc) is 2.79. The van der Waals surface area contributed by atoms with E-state index in [1.165, 1.54) is 4.90 Å². The molecule has 0 radical (unpaired) electrons. The number of ether oxygens (including phenoxy) is 3. The molecule has 0 fully saturated rings. The number of benzene rings is 2. The number of carbonyl (C=O) groups is 2. The first kappa shape index (κ1) is 23.8. The molecule has 1 aliphatic rings. The minimum absolute atomic E-state index is 0.0874. The number of hydrogen-bond donors (Lipinski definition) is 1. The number of halogens is 2. The van der Waals surface area contributed by atoms with Gasteiger partial charge in [-0.3, -0.25) is 4.90 Å². The largest absolute Gasteiger partial charge is 0.497 e. The van der Waals surface area contributed by atoms with Gasteiger partial charge in [0.25, 0.3) is 0 Å². The number of carbonyl (C=O) groups excluding carboxylic acids is 2. The Kier molecular flexibility index (Phi) is 7.88. The van der Waals surface area contributed by atoms with Crippen LogP contribution in [-0.4, -0.2) is 43.8 Å². The van der Waals surface area contributed by atoms with E-state index in [0.717, 1.165) is 0 Å². The van der Waals surface area contributed by atoms with Crippen molar-refractivity contribution in [3.63, 3.8) is 0 Å². The molecule has 32 heavy (non-hydrogen) atoms. The van der Waals surface area contributed by atoms with Gasteiger partial charge in [-0.25, -0.2) is 9.59 Å². The van der Waals surface area contributed by atoms with Crippen LogP contribution in [0.25, 0.3) is 0 Å². The van der Waals surface area contributed by atoms with Crippen LogP contribution in [0, 0.1) is 0 Å². The summed E-state index contributed by atoms with van der Waals surface area (Å²) < 4.78 is 16.5. The van der Waals surface area contributed by atoms with E-state index in [0.29, 0.717) is 39.3 Å². The lowest BCUT2D eigenvalue weighted by atomic mass is 9.94. The van der Waals surface area contributed by atoms with Crippen LogP contribution in [-0.2, 0) is 9.53 Å². The molecule has 1 heterocycles. The summed E-state index contributed by atoms with van der Waals surface area (Å²) in [6.45, 7) is 3.94. The second-order valence-corrected chi connectivity index (χ2v) is 7.69. The van der Waals surface area contributed by atoms with Crippen LogP contribution in [0.15, 0.2) is 53.7 Å². The normalized spacial score (nSPS) is 16.0. The predicted octanol–water partition coefficient (Wildman–Crippen LogP) is 4.98. The smallest absolute Gasteiger partial charge is 0.338 e. The van der Waals surface area contributed by atoms with Gasteiger partial charge in [0.15, 0.2) is 0 Å². The summed E-state index contributed by atoms with van der Waals surface area (Å²) in [7, 11) is 1.55. The maximum absolute atomic E-state index is 13.1. The van der Waals surface area contributed by atoms with E-state index in [9.17, 15) is 9.59 Å². The molecule has 7 nitrogen and oxygen atoms in total. The lowest BCUT2D eigenvalue weighted by molar-refractivity contribution is -0.139. The predicted molar refractivity (Wildman–Crippen MR) is 122 cm³/mol. The molecule has 170 valence electrons. The van der Waals surface area contributed by atoms with E-state index in [4.69, 9.17) is 37.4 Å². The van der Waals surface area contributed by atoms with Crippen LogP contribution in [0.2, 0.25) is 10.0 Å². The lowest BCUT2D eigenvalue weighted by Gasteiger charge is -2.36. The summed E-state index contributed by atoms with van der Waals surface area (Å²) in [4.78, 5) is 27.4. The molecule has 0 saturated heterocycles. The first-order valence-electron chi connectivity index (χ1n) is 10.1. The molecule has 0 bridgehead atoms. The maximum Gasteiger partial charge on any atom is 0.338 e. The van der Waals surface area contributed by atoms with Gasteiger partial charge in [0, 0.05) is 17.6 Å². The first-order chi connectivity index (χ1) is 15.4. The van der Waals surface area contributed by atoms with Crippen LogP contribution >= 0.6 is 23.2 Å². The third-order valence-corrected chi connectivity index (χ3v) is 5.48. The van der Waals surface area contributed by atoms with E-state index < -0.39 is 12.0 Å². The summed E-state index contributed by atoms with van der Waals surface area (Å²) in [5, 5.41) is 3.71. The van der Waals surface area contributed by atoms with E-state index in [2.05, 4.69) is 5.32 Å². The number of amides is 2. The number of esters is 1. The Morgan fingerprint density at radius 1 is 1.16 bits per heavy atom. The minimum Gasteiger partial charge on any atom is -0.497 e. The van der Waals surface area contributed by atoms with Crippen molar-refractivity contribution >= 4 is 35.2 Å². The molecule has 9 heteroatoms. The Morgan fingerprint density at radius 2 is 1.94 bits per heavy atom. The van der Waals surface area contributed by atoms with E-state index in [-0.39, 0.29) is 24.8 Å². The number of rotatable bonds is 8. The van der Waals surface area contributed by atoms with Gasteiger partial charge in [0.05, 0.1) is 36.1 Å². The van der Waals surface area contributed by atoms with Crippen LogP contribution in [0.1, 0.15) is 25.5 Å². The van der Waals surface area contributed by atoms with Gasteiger partial charge in [-0.05, 0) is 43.7 Å². The minimum atomic E-state index is -0.743. The third-order valence-electron chi connectivity index (χ3n) is 4.93. The molecule has 2 amide bonds. The van der Waals surface area contributed by atoms with Crippen molar-refractivity contribution in [1.82, 2.24) is 10.2 Å². The van der Waals surface area contributed by atoms with Crippen LogP contribution in [0.5, 0.6) is 11.5 Å². The standard InChI is InChI=1S/C23H24Cl2N2O5/c1-4-27-18(13-32-19-12-15(24)9-10-17(19)25)20(22(28)31-5-2)21(26-23(27)29)14-7-6-8-16(11-14)30-3/h6-12,21H,4-5,13H2,1-3H3,(H,26,29)/t21-/m1/s1. The van der Waals surface area contributed by atoms with Gasteiger partial charge >= 0.3 is 12.0 Å². The highest BCUT2D eigenvalue weighted by atomic mass is 35.5. The Bertz CT molecular complexity index is 1040. The summed E-state index contributed by atoms with van der Waals surface area (Å²) in [6, 6.07) is 10.9. The van der Waals surface area contributed by atoms with E-state index in [1.807, 2.05) is 0 Å². The number of nitrogens with zero attached hydrogens (tertiary/aromatic N) is 1. The Morgan fingerprint density at radius 3 is 2.62 bits per heavy atom. The fourth-order valence-corrected chi connectivity index (χ4v) is 3.78. The molecule has 1 N–H and O–H groups in total. The van der Waals surface area contributed by atoms with Crippen LogP contribution < -0.4 is 14.8 Å². The Balaban J connectivity index is 2.10. The van der Waals surface area contributed by atoms with Gasteiger partial charge in [-0.15, -0.1) is 0 Å². The van der Waals surface area contributed by atoms with Crippen LogP contribution in [0.4, 0.5) is 4.79 Å². The molecule has 0 saturated carbocycles. The van der Waals surface area contributed by atoms with Crippen molar-refractivity contribution < 1.29 is 23.8 Å². The number of urea groups is 1. The second kappa shape index (κ2) is 10.6. The van der Waals surface area contributed by atoms with Crippen molar-refractivity contribution in [2.24, 2.45) is 0 Å². The van der Waals surface area contributed by atoms with Crippen molar-refractivity contribution in [1.29, 1.82) is 0 Å². The average molecular weight is 479 g/mol. The zero-order valence-electron chi connectivity index (χ0n) is 18.0. The maximum atomic E-state index is 13.1. The number of likely N-dealkylation sites (N-methyl/N-ethyl adjacent to an activating group) is 1. The van der Waals surface area contributed by atoms with Gasteiger partial charge < -0.3 is 19.5 Å². The fraction of sp³-hybridized carbons (Fsp3) is 0.304. The summed E-state index contributed by atoms with van der Waals surface area (Å²) in [5.41, 5.74) is 1.34. The third kappa shape index (κ3) is 5.11.